The number of rotatable bonds is 6. The van der Waals surface area contributed by atoms with Gasteiger partial charge in [0.15, 0.2) is 0 Å². The highest BCUT2D eigenvalue weighted by molar-refractivity contribution is 6.31. The number of carboxylic acids is 1. The van der Waals surface area contributed by atoms with Crippen LogP contribution in [0.15, 0.2) is 24.3 Å². The predicted octanol–water partition coefficient (Wildman–Crippen LogP) is 2.44. The largest absolute Gasteiger partial charge is 0.481 e. The monoisotopic (exact) mass is 392 g/mol. The van der Waals surface area contributed by atoms with E-state index in [9.17, 15) is 14.4 Å². The summed E-state index contributed by atoms with van der Waals surface area (Å²) in [5, 5.41) is 9.72. The minimum absolute atomic E-state index is 0.0174. The molecule has 1 heterocycles. The summed E-state index contributed by atoms with van der Waals surface area (Å²) in [6.45, 7) is 0.895. The topological polar surface area (TPSA) is 77.9 Å². The number of hydrogen-bond acceptors (Lipinski definition) is 3. The molecule has 1 aliphatic heterocycles. The molecule has 0 aromatic heterocycles. The maximum absolute atomic E-state index is 12.9. The number of nitrogens with zero attached hydrogens (tertiary/aromatic N) is 2. The molecule has 7 heteroatoms. The third kappa shape index (κ3) is 4.43. The van der Waals surface area contributed by atoms with Crippen molar-refractivity contribution in [3.05, 3.63) is 34.9 Å². The van der Waals surface area contributed by atoms with Crippen LogP contribution in [-0.2, 0) is 20.8 Å². The van der Waals surface area contributed by atoms with Gasteiger partial charge in [0.2, 0.25) is 11.8 Å². The Hall–Kier alpha value is -2.08. The Kier molecular flexibility index (Phi) is 5.75. The van der Waals surface area contributed by atoms with Gasteiger partial charge in [-0.15, -0.1) is 0 Å². The molecule has 1 N–H and O–H groups in total. The van der Waals surface area contributed by atoms with E-state index in [0.717, 1.165) is 18.4 Å². The Labute approximate surface area is 164 Å². The van der Waals surface area contributed by atoms with Crippen molar-refractivity contribution in [2.24, 2.45) is 11.3 Å². The van der Waals surface area contributed by atoms with Crippen LogP contribution >= 0.6 is 11.6 Å². The van der Waals surface area contributed by atoms with E-state index in [4.69, 9.17) is 16.7 Å². The van der Waals surface area contributed by atoms with E-state index in [-0.39, 0.29) is 24.3 Å². The van der Waals surface area contributed by atoms with Gasteiger partial charge in [0.1, 0.15) is 0 Å². The zero-order chi connectivity index (χ0) is 19.6. The van der Waals surface area contributed by atoms with Crippen LogP contribution in [0.3, 0.4) is 0 Å². The van der Waals surface area contributed by atoms with Gasteiger partial charge in [-0.1, -0.05) is 29.8 Å². The first-order valence-electron chi connectivity index (χ1n) is 9.32. The van der Waals surface area contributed by atoms with Crippen molar-refractivity contribution in [3.63, 3.8) is 0 Å². The van der Waals surface area contributed by atoms with Gasteiger partial charge in [-0.2, -0.15) is 0 Å². The third-order valence-electron chi connectivity index (χ3n) is 5.71. The zero-order valence-electron chi connectivity index (χ0n) is 15.5. The average Bonchev–Trinajstić information content (AvgIpc) is 3.43. The maximum atomic E-state index is 12.9. The first kappa shape index (κ1) is 19.7. The number of benzene rings is 1. The van der Waals surface area contributed by atoms with E-state index >= 15 is 0 Å². The van der Waals surface area contributed by atoms with Crippen LogP contribution in [0.4, 0.5) is 0 Å². The fourth-order valence-corrected chi connectivity index (χ4v) is 3.98. The van der Waals surface area contributed by atoms with Crippen molar-refractivity contribution in [3.8, 4) is 0 Å². The molecule has 27 heavy (non-hydrogen) atoms. The van der Waals surface area contributed by atoms with Crippen molar-refractivity contribution in [1.29, 1.82) is 0 Å². The lowest BCUT2D eigenvalue weighted by Crippen LogP contribution is -2.47. The minimum Gasteiger partial charge on any atom is -0.481 e. The van der Waals surface area contributed by atoms with E-state index in [2.05, 4.69) is 0 Å². The van der Waals surface area contributed by atoms with Gasteiger partial charge in [-0.05, 0) is 43.7 Å². The summed E-state index contributed by atoms with van der Waals surface area (Å²) in [4.78, 5) is 39.6. The molecule has 2 fully saturated rings. The predicted molar refractivity (Wildman–Crippen MR) is 101 cm³/mol. The fraction of sp³-hybridized carbons (Fsp3) is 0.550. The van der Waals surface area contributed by atoms with Crippen LogP contribution in [0, 0.1) is 11.3 Å². The molecule has 3 rings (SSSR count). The number of aliphatic carboxylic acids is 1. The molecule has 6 nitrogen and oxygen atoms in total. The second-order valence-corrected chi connectivity index (χ2v) is 8.11. The molecule has 0 bridgehead atoms. The van der Waals surface area contributed by atoms with Crippen LogP contribution in [0.5, 0.6) is 0 Å². The first-order valence-corrected chi connectivity index (χ1v) is 9.70. The molecule has 1 aromatic rings. The standard InChI is InChI=1S/C20H25ClN2O4/c1-22(13-17(24)23-10-6-14(7-11-23)18(25)26)19(27)20(8-9-20)12-15-4-2-3-5-16(15)21/h2-5,14H,6-13H2,1H3,(H,25,26). The van der Waals surface area contributed by atoms with E-state index in [1.807, 2.05) is 24.3 Å². The number of likely N-dealkylation sites (tertiary alicyclic amines) is 1. The zero-order valence-corrected chi connectivity index (χ0v) is 16.2. The molecule has 2 amide bonds. The number of hydrogen-bond donors (Lipinski definition) is 1. The molecule has 0 unspecified atom stereocenters. The second kappa shape index (κ2) is 7.89. The number of likely N-dealkylation sites (N-methyl/N-ethyl adjacent to an activating group) is 1. The van der Waals surface area contributed by atoms with Gasteiger partial charge < -0.3 is 14.9 Å². The lowest BCUT2D eigenvalue weighted by molar-refractivity contribution is -0.147. The lowest BCUT2D eigenvalue weighted by Gasteiger charge is -2.32. The molecule has 0 atom stereocenters. The number of amides is 2. The Balaban J connectivity index is 1.55. The third-order valence-corrected chi connectivity index (χ3v) is 6.08. The minimum atomic E-state index is -0.801. The Morgan fingerprint density at radius 3 is 2.41 bits per heavy atom. The van der Waals surface area contributed by atoms with E-state index < -0.39 is 11.4 Å². The second-order valence-electron chi connectivity index (χ2n) is 7.70. The smallest absolute Gasteiger partial charge is 0.306 e. The summed E-state index contributed by atoms with van der Waals surface area (Å²) in [5.41, 5.74) is 0.511. The molecular formula is C20H25ClN2O4. The lowest BCUT2D eigenvalue weighted by atomic mass is 9.94. The van der Waals surface area contributed by atoms with Crippen molar-refractivity contribution in [1.82, 2.24) is 9.80 Å². The molecular weight excluding hydrogens is 368 g/mol. The quantitative estimate of drug-likeness (QED) is 0.806. The Morgan fingerprint density at radius 2 is 1.85 bits per heavy atom. The molecule has 2 aliphatic rings. The summed E-state index contributed by atoms with van der Waals surface area (Å²) in [6, 6.07) is 7.54. The van der Waals surface area contributed by atoms with E-state index in [1.54, 1.807) is 11.9 Å². The van der Waals surface area contributed by atoms with Gasteiger partial charge >= 0.3 is 5.97 Å². The molecule has 1 saturated carbocycles. The van der Waals surface area contributed by atoms with Crippen molar-refractivity contribution in [2.45, 2.75) is 32.1 Å². The maximum Gasteiger partial charge on any atom is 0.306 e. The van der Waals surface area contributed by atoms with Gasteiger partial charge in [0.05, 0.1) is 17.9 Å². The number of piperidine rings is 1. The number of carboxylic acid groups (broad SMARTS) is 1. The van der Waals surface area contributed by atoms with E-state index in [0.29, 0.717) is 37.4 Å². The van der Waals surface area contributed by atoms with Crippen LogP contribution < -0.4 is 0 Å². The van der Waals surface area contributed by atoms with Crippen molar-refractivity contribution < 1.29 is 19.5 Å². The summed E-state index contributed by atoms with van der Waals surface area (Å²) >= 11 is 6.23. The molecule has 1 aliphatic carbocycles. The number of carbonyl (C=O) groups is 3. The Bertz CT molecular complexity index is 739. The van der Waals surface area contributed by atoms with Crippen LogP contribution in [0.25, 0.3) is 0 Å². The van der Waals surface area contributed by atoms with Crippen molar-refractivity contribution >= 4 is 29.4 Å². The van der Waals surface area contributed by atoms with Crippen molar-refractivity contribution in [2.75, 3.05) is 26.7 Å². The van der Waals surface area contributed by atoms with Gasteiger partial charge in [0.25, 0.3) is 0 Å². The molecule has 1 saturated heterocycles. The van der Waals surface area contributed by atoms with Gasteiger partial charge in [-0.3, -0.25) is 14.4 Å². The van der Waals surface area contributed by atoms with E-state index in [1.165, 1.54) is 4.90 Å². The van der Waals surface area contributed by atoms with Crippen LogP contribution in [0.2, 0.25) is 5.02 Å². The molecule has 146 valence electrons. The average molecular weight is 393 g/mol. The summed E-state index contributed by atoms with van der Waals surface area (Å²) in [5.74, 6) is -1.32. The summed E-state index contributed by atoms with van der Waals surface area (Å²) < 4.78 is 0. The van der Waals surface area contributed by atoms with Crippen LogP contribution in [-0.4, -0.2) is 59.4 Å². The highest BCUT2D eigenvalue weighted by Gasteiger charge is 2.51. The Morgan fingerprint density at radius 1 is 1.22 bits per heavy atom. The number of carbonyl (C=O) groups excluding carboxylic acids is 2. The van der Waals surface area contributed by atoms with Gasteiger partial charge in [-0.25, -0.2) is 0 Å². The van der Waals surface area contributed by atoms with Gasteiger partial charge in [0, 0.05) is 25.2 Å². The first-order chi connectivity index (χ1) is 12.8. The fourth-order valence-electron chi connectivity index (χ4n) is 3.78. The summed E-state index contributed by atoms with van der Waals surface area (Å²) in [6.07, 6.45) is 3.14. The summed E-state index contributed by atoms with van der Waals surface area (Å²) in [7, 11) is 1.66. The highest BCUT2D eigenvalue weighted by atomic mass is 35.5. The molecule has 0 radical (unpaired) electrons. The normalized spacial score (nSPS) is 18.8. The molecule has 1 aromatic carbocycles. The highest BCUT2D eigenvalue weighted by Crippen LogP contribution is 2.50. The number of halogens is 1. The SMILES string of the molecule is CN(CC(=O)N1CCC(C(=O)O)CC1)C(=O)C1(Cc2ccccc2Cl)CC1. The van der Waals surface area contributed by atoms with Crippen LogP contribution in [0.1, 0.15) is 31.2 Å². The molecule has 0 spiro atoms.